The number of nitrogens with zero attached hydrogens (tertiary/aromatic N) is 3. The third-order valence-corrected chi connectivity index (χ3v) is 3.18. The van der Waals surface area contributed by atoms with Crippen molar-refractivity contribution in [2.45, 2.75) is 39.0 Å². The highest BCUT2D eigenvalue weighted by Gasteiger charge is 2.02. The van der Waals surface area contributed by atoms with Gasteiger partial charge in [-0.2, -0.15) is 0 Å². The average molecular weight is 259 g/mol. The van der Waals surface area contributed by atoms with Crippen LogP contribution in [0.2, 0.25) is 0 Å². The minimum Gasteiger partial charge on any atom is -0.396 e. The van der Waals surface area contributed by atoms with E-state index in [0.29, 0.717) is 6.42 Å². The first-order valence-electron chi connectivity index (χ1n) is 6.95. The summed E-state index contributed by atoms with van der Waals surface area (Å²) >= 11 is 0. The fourth-order valence-electron chi connectivity index (χ4n) is 2.05. The molecule has 4 heteroatoms. The molecular formula is C15H21N3O. The lowest BCUT2D eigenvalue weighted by atomic mass is 10.1. The number of aliphatic hydroxyl groups is 1. The quantitative estimate of drug-likeness (QED) is 0.777. The van der Waals surface area contributed by atoms with E-state index in [1.807, 2.05) is 6.20 Å². The first kappa shape index (κ1) is 13.7. The van der Waals surface area contributed by atoms with Gasteiger partial charge in [-0.15, -0.1) is 5.10 Å². The molecule has 4 nitrogen and oxygen atoms in total. The Kier molecular flexibility index (Phi) is 5.10. The van der Waals surface area contributed by atoms with Crippen LogP contribution in [0.3, 0.4) is 0 Å². The highest BCUT2D eigenvalue weighted by atomic mass is 16.3. The minimum absolute atomic E-state index is 0.106. The topological polar surface area (TPSA) is 50.9 Å². The second-order valence-electron chi connectivity index (χ2n) is 4.75. The van der Waals surface area contributed by atoms with E-state index in [1.165, 1.54) is 24.8 Å². The zero-order chi connectivity index (χ0) is 13.5. The van der Waals surface area contributed by atoms with Crippen molar-refractivity contribution in [3.63, 3.8) is 0 Å². The van der Waals surface area contributed by atoms with Gasteiger partial charge in [0, 0.05) is 13.0 Å². The van der Waals surface area contributed by atoms with E-state index in [2.05, 4.69) is 41.5 Å². The van der Waals surface area contributed by atoms with E-state index >= 15 is 0 Å². The average Bonchev–Trinajstić information content (AvgIpc) is 2.89. The number of aliphatic hydroxyl groups excluding tert-OH is 1. The lowest BCUT2D eigenvalue weighted by Gasteiger charge is -2.03. The van der Waals surface area contributed by atoms with Crippen molar-refractivity contribution in [3.8, 4) is 5.69 Å². The second kappa shape index (κ2) is 7.04. The molecule has 1 N–H and O–H groups in total. The molecule has 0 spiro atoms. The maximum absolute atomic E-state index is 8.86. The summed E-state index contributed by atoms with van der Waals surface area (Å²) in [7, 11) is 0. The summed E-state index contributed by atoms with van der Waals surface area (Å²) in [5.41, 5.74) is 3.19. The predicted molar refractivity (Wildman–Crippen MR) is 75.4 cm³/mol. The van der Waals surface area contributed by atoms with E-state index < -0.39 is 0 Å². The molecule has 0 fully saturated rings. The standard InChI is InChI=1S/C15H21N3O/c1-2-3-4-5-13-6-8-15(9-7-13)18-12-14(10-11-19)16-17-18/h6-9,12,19H,2-5,10-11H2,1H3. The van der Waals surface area contributed by atoms with Crippen LogP contribution in [0, 0.1) is 0 Å². The van der Waals surface area contributed by atoms with E-state index in [-0.39, 0.29) is 6.61 Å². The number of unbranched alkanes of at least 4 members (excludes halogenated alkanes) is 2. The summed E-state index contributed by atoms with van der Waals surface area (Å²) in [6, 6.07) is 8.44. The molecule has 2 rings (SSSR count). The van der Waals surface area contributed by atoms with Gasteiger partial charge >= 0.3 is 0 Å². The molecule has 102 valence electrons. The number of hydrogen-bond acceptors (Lipinski definition) is 3. The van der Waals surface area contributed by atoms with Crippen molar-refractivity contribution in [2.24, 2.45) is 0 Å². The molecule has 0 amide bonds. The summed E-state index contributed by atoms with van der Waals surface area (Å²) < 4.78 is 1.75. The van der Waals surface area contributed by atoms with E-state index in [4.69, 9.17) is 5.11 Å². The molecule has 0 unspecified atom stereocenters. The van der Waals surface area contributed by atoms with Crippen LogP contribution in [0.1, 0.15) is 37.4 Å². The molecule has 0 atom stereocenters. The molecule has 0 radical (unpaired) electrons. The molecule has 0 aliphatic rings. The van der Waals surface area contributed by atoms with Crippen molar-refractivity contribution in [2.75, 3.05) is 6.61 Å². The zero-order valence-corrected chi connectivity index (χ0v) is 11.4. The Balaban J connectivity index is 2.00. The van der Waals surface area contributed by atoms with Gasteiger partial charge < -0.3 is 5.11 Å². The molecular weight excluding hydrogens is 238 g/mol. The summed E-state index contributed by atoms with van der Waals surface area (Å²) in [6.07, 6.45) is 7.35. The van der Waals surface area contributed by atoms with Gasteiger partial charge in [0.25, 0.3) is 0 Å². The van der Waals surface area contributed by atoms with Gasteiger partial charge in [0.1, 0.15) is 0 Å². The van der Waals surface area contributed by atoms with Crippen LogP contribution in [0.5, 0.6) is 0 Å². The molecule has 0 bridgehead atoms. The number of hydrogen-bond donors (Lipinski definition) is 1. The van der Waals surface area contributed by atoms with Crippen molar-refractivity contribution >= 4 is 0 Å². The van der Waals surface area contributed by atoms with Crippen LogP contribution in [0.15, 0.2) is 30.5 Å². The van der Waals surface area contributed by atoms with Gasteiger partial charge in [0.15, 0.2) is 0 Å². The third kappa shape index (κ3) is 3.89. The summed E-state index contributed by atoms with van der Waals surface area (Å²) in [6.45, 7) is 2.33. The normalized spacial score (nSPS) is 10.8. The molecule has 1 aromatic heterocycles. The smallest absolute Gasteiger partial charge is 0.0854 e. The Bertz CT molecular complexity index is 490. The van der Waals surface area contributed by atoms with Gasteiger partial charge in [0.2, 0.25) is 0 Å². The molecule has 1 heterocycles. The largest absolute Gasteiger partial charge is 0.396 e. The predicted octanol–water partition coefficient (Wildman–Crippen LogP) is 2.53. The van der Waals surface area contributed by atoms with Crippen LogP contribution >= 0.6 is 0 Å². The van der Waals surface area contributed by atoms with E-state index in [0.717, 1.165) is 17.8 Å². The third-order valence-electron chi connectivity index (χ3n) is 3.18. The van der Waals surface area contributed by atoms with Crippen LogP contribution < -0.4 is 0 Å². The maximum atomic E-state index is 8.86. The Labute approximate surface area is 114 Å². The van der Waals surface area contributed by atoms with E-state index in [1.54, 1.807) is 4.68 Å². The van der Waals surface area contributed by atoms with Gasteiger partial charge in [-0.3, -0.25) is 0 Å². The van der Waals surface area contributed by atoms with Crippen LogP contribution in [0.4, 0.5) is 0 Å². The maximum Gasteiger partial charge on any atom is 0.0854 e. The number of aryl methyl sites for hydroxylation is 1. The van der Waals surface area contributed by atoms with Crippen molar-refractivity contribution in [1.82, 2.24) is 15.0 Å². The van der Waals surface area contributed by atoms with Crippen LogP contribution in [-0.2, 0) is 12.8 Å². The van der Waals surface area contributed by atoms with Gasteiger partial charge in [-0.05, 0) is 30.5 Å². The first-order chi connectivity index (χ1) is 9.33. The molecule has 0 saturated carbocycles. The highest BCUT2D eigenvalue weighted by Crippen LogP contribution is 2.12. The fourth-order valence-corrected chi connectivity index (χ4v) is 2.05. The van der Waals surface area contributed by atoms with Crippen LogP contribution in [-0.4, -0.2) is 26.7 Å². The summed E-state index contributed by atoms with van der Waals surface area (Å²) in [4.78, 5) is 0. The molecule has 0 saturated heterocycles. The van der Waals surface area contributed by atoms with Crippen molar-refractivity contribution in [1.29, 1.82) is 0 Å². The molecule has 1 aromatic carbocycles. The molecule has 0 aliphatic heterocycles. The summed E-state index contributed by atoms with van der Waals surface area (Å²) in [5.74, 6) is 0. The Morgan fingerprint density at radius 2 is 1.89 bits per heavy atom. The molecule has 19 heavy (non-hydrogen) atoms. The van der Waals surface area contributed by atoms with Gasteiger partial charge in [-0.25, -0.2) is 4.68 Å². The first-order valence-corrected chi connectivity index (χ1v) is 6.95. The number of benzene rings is 1. The SMILES string of the molecule is CCCCCc1ccc(-n2cc(CCO)nn2)cc1. The Morgan fingerprint density at radius 3 is 2.58 bits per heavy atom. The summed E-state index contributed by atoms with van der Waals surface area (Å²) in [5, 5.41) is 16.9. The Hall–Kier alpha value is -1.68. The second-order valence-corrected chi connectivity index (χ2v) is 4.75. The lowest BCUT2D eigenvalue weighted by molar-refractivity contribution is 0.298. The lowest BCUT2D eigenvalue weighted by Crippen LogP contribution is -1.95. The monoisotopic (exact) mass is 259 g/mol. The van der Waals surface area contributed by atoms with Gasteiger partial charge in [-0.1, -0.05) is 37.1 Å². The van der Waals surface area contributed by atoms with Gasteiger partial charge in [0.05, 0.1) is 17.6 Å². The van der Waals surface area contributed by atoms with Crippen molar-refractivity contribution < 1.29 is 5.11 Å². The zero-order valence-electron chi connectivity index (χ0n) is 11.4. The Morgan fingerprint density at radius 1 is 1.11 bits per heavy atom. The number of rotatable bonds is 7. The minimum atomic E-state index is 0.106. The molecule has 2 aromatic rings. The molecule has 0 aliphatic carbocycles. The van der Waals surface area contributed by atoms with E-state index in [9.17, 15) is 0 Å². The van der Waals surface area contributed by atoms with Crippen molar-refractivity contribution in [3.05, 3.63) is 41.7 Å². The fraction of sp³-hybridized carbons (Fsp3) is 0.467. The number of aromatic nitrogens is 3. The highest BCUT2D eigenvalue weighted by molar-refractivity contribution is 5.33. The van der Waals surface area contributed by atoms with Crippen LogP contribution in [0.25, 0.3) is 5.69 Å².